The first-order valence-electron chi connectivity index (χ1n) is 11.4. The zero-order valence-corrected chi connectivity index (χ0v) is 22.3. The maximum Gasteiger partial charge on any atom is 0.416 e. The van der Waals surface area contributed by atoms with Crippen LogP contribution in [0.1, 0.15) is 11.1 Å². The third kappa shape index (κ3) is 7.24. The van der Waals surface area contributed by atoms with Gasteiger partial charge in [-0.25, -0.2) is 0 Å². The van der Waals surface area contributed by atoms with Gasteiger partial charge in [0.2, 0.25) is 0 Å². The molecule has 4 nitrogen and oxygen atoms in total. The van der Waals surface area contributed by atoms with Gasteiger partial charge in [-0.05, 0) is 54.7 Å². The van der Waals surface area contributed by atoms with Crippen molar-refractivity contribution in [2.45, 2.75) is 12.4 Å². The number of nitrogens with one attached hydrogen (secondary N) is 2. The van der Waals surface area contributed by atoms with E-state index in [0.29, 0.717) is 24.4 Å². The molecule has 38 heavy (non-hydrogen) atoms. The number of rotatable bonds is 7. The van der Waals surface area contributed by atoms with E-state index in [1.165, 1.54) is 0 Å². The van der Waals surface area contributed by atoms with E-state index < -0.39 is 30.9 Å². The highest BCUT2D eigenvalue weighted by Gasteiger charge is 2.37. The number of benzene rings is 3. The van der Waals surface area contributed by atoms with E-state index in [9.17, 15) is 26.3 Å². The second-order valence-electron chi connectivity index (χ2n) is 8.18. The van der Waals surface area contributed by atoms with Gasteiger partial charge in [0.1, 0.15) is 0 Å². The molecule has 0 saturated carbocycles. The molecule has 0 aromatic heterocycles. The lowest BCUT2D eigenvalue weighted by atomic mass is 10.1. The first-order chi connectivity index (χ1) is 18.0. The van der Waals surface area contributed by atoms with Crippen LogP contribution < -0.4 is 20.0 Å². The predicted octanol–water partition coefficient (Wildman–Crippen LogP) is 8.00. The molecule has 0 bridgehead atoms. The molecule has 0 aliphatic carbocycles. The number of alkyl halides is 6. The summed E-state index contributed by atoms with van der Waals surface area (Å²) in [5.74, 6) is 0.608. The zero-order valence-electron chi connectivity index (χ0n) is 19.8. The van der Waals surface area contributed by atoms with Crippen LogP contribution in [0.15, 0.2) is 78.9 Å². The van der Waals surface area contributed by atoms with Crippen LogP contribution in [0.2, 0.25) is 0 Å². The van der Waals surface area contributed by atoms with Crippen molar-refractivity contribution in [1.82, 2.24) is 5.32 Å². The molecule has 0 amide bonds. The Bertz CT molecular complexity index is 1150. The molecule has 3 aromatic rings. The molecule has 202 valence electrons. The van der Waals surface area contributed by atoms with Crippen molar-refractivity contribution in [3.05, 3.63) is 90.0 Å². The summed E-state index contributed by atoms with van der Waals surface area (Å²) >= 11 is 6.87. The highest BCUT2D eigenvalue weighted by Crippen LogP contribution is 2.61. The summed E-state index contributed by atoms with van der Waals surface area (Å²) in [5.41, 5.74) is -0.971. The van der Waals surface area contributed by atoms with Crippen LogP contribution >= 0.6 is 31.0 Å². The zero-order chi connectivity index (χ0) is 27.3. The Labute approximate surface area is 227 Å². The Kier molecular flexibility index (Phi) is 8.95. The van der Waals surface area contributed by atoms with E-state index in [0.717, 1.165) is 24.5 Å². The molecule has 1 aliphatic rings. The number of halogens is 6. The Morgan fingerprint density at radius 1 is 0.789 bits per heavy atom. The number of thiocarbonyl (C=S) groups is 1. The first kappa shape index (κ1) is 28.3. The van der Waals surface area contributed by atoms with Crippen LogP contribution in [0.3, 0.4) is 0 Å². The second kappa shape index (κ2) is 12.0. The number of para-hydroxylation sites is 2. The SMILES string of the molecule is FC(F)(F)c1cc(NC(=S)NCCSP2N(c3ccccc3)CCN2c2ccccc2)cc(C(F)(F)F)c1. The number of hydrogen-bond donors (Lipinski definition) is 2. The van der Waals surface area contributed by atoms with Crippen LogP contribution in [0.4, 0.5) is 43.4 Å². The highest BCUT2D eigenvalue weighted by molar-refractivity contribution is 8.56. The van der Waals surface area contributed by atoms with Gasteiger partial charge in [-0.2, -0.15) is 26.3 Å². The molecule has 1 fully saturated rings. The number of anilines is 3. The topological polar surface area (TPSA) is 30.5 Å². The predicted molar refractivity (Wildman–Crippen MR) is 148 cm³/mol. The van der Waals surface area contributed by atoms with Gasteiger partial charge in [0.05, 0.1) is 11.1 Å². The second-order valence-corrected chi connectivity index (χ2v) is 12.5. The van der Waals surface area contributed by atoms with Gasteiger partial charge in [-0.15, -0.1) is 0 Å². The Hall–Kier alpha value is -2.69. The van der Waals surface area contributed by atoms with Crippen molar-refractivity contribution >= 4 is 53.2 Å². The van der Waals surface area contributed by atoms with Gasteiger partial charge < -0.3 is 20.0 Å². The van der Waals surface area contributed by atoms with E-state index in [1.807, 2.05) is 36.4 Å². The van der Waals surface area contributed by atoms with Gasteiger partial charge in [-0.1, -0.05) is 47.8 Å². The largest absolute Gasteiger partial charge is 0.416 e. The maximum atomic E-state index is 13.1. The Morgan fingerprint density at radius 2 is 1.26 bits per heavy atom. The van der Waals surface area contributed by atoms with Crippen LogP contribution in [0.5, 0.6) is 0 Å². The molecule has 0 atom stereocenters. The Morgan fingerprint density at radius 3 is 1.71 bits per heavy atom. The smallest absolute Gasteiger partial charge is 0.362 e. The molecule has 0 unspecified atom stereocenters. The molecule has 3 aromatic carbocycles. The fraction of sp³-hybridized carbons (Fsp3) is 0.240. The lowest BCUT2D eigenvalue weighted by Crippen LogP contribution is -2.30. The van der Waals surface area contributed by atoms with Crippen molar-refractivity contribution in [2.24, 2.45) is 0 Å². The molecule has 1 saturated heterocycles. The third-order valence-corrected chi connectivity index (χ3v) is 10.5. The maximum absolute atomic E-state index is 13.1. The summed E-state index contributed by atoms with van der Waals surface area (Å²) in [6.07, 6.45) is -9.86. The van der Waals surface area contributed by atoms with Crippen molar-refractivity contribution in [2.75, 3.05) is 40.0 Å². The van der Waals surface area contributed by atoms with E-state index in [1.54, 1.807) is 11.4 Å². The first-order valence-corrected chi connectivity index (χ1v) is 14.7. The third-order valence-electron chi connectivity index (χ3n) is 5.49. The molecule has 4 rings (SSSR count). The van der Waals surface area contributed by atoms with E-state index in [4.69, 9.17) is 12.2 Å². The average molecular weight is 589 g/mol. The van der Waals surface area contributed by atoms with E-state index in [2.05, 4.69) is 44.2 Å². The molecule has 0 radical (unpaired) electrons. The summed E-state index contributed by atoms with van der Waals surface area (Å²) in [6.45, 7) is 2.07. The Balaban J connectivity index is 1.39. The number of hydrogen-bond acceptors (Lipinski definition) is 4. The lowest BCUT2D eigenvalue weighted by molar-refractivity contribution is -0.143. The van der Waals surface area contributed by atoms with Crippen molar-refractivity contribution in [1.29, 1.82) is 0 Å². The lowest BCUT2D eigenvalue weighted by Gasteiger charge is -2.31. The molecule has 1 aliphatic heterocycles. The van der Waals surface area contributed by atoms with Crippen molar-refractivity contribution in [3.63, 3.8) is 0 Å². The minimum atomic E-state index is -4.93. The van der Waals surface area contributed by atoms with Crippen LogP contribution in [-0.4, -0.2) is 30.5 Å². The molecular weight excluding hydrogens is 565 g/mol. The summed E-state index contributed by atoms with van der Waals surface area (Å²) in [5, 5.41) is 5.29. The summed E-state index contributed by atoms with van der Waals surface area (Å²) in [7, 11) is -0.809. The van der Waals surface area contributed by atoms with E-state index >= 15 is 0 Å². The quantitative estimate of drug-likeness (QED) is 0.126. The average Bonchev–Trinajstić information content (AvgIpc) is 3.30. The monoisotopic (exact) mass is 588 g/mol. The van der Waals surface area contributed by atoms with Gasteiger partial charge in [0.25, 0.3) is 0 Å². The number of nitrogens with zero attached hydrogens (tertiary/aromatic N) is 2. The molecule has 2 N–H and O–H groups in total. The van der Waals surface area contributed by atoms with Gasteiger partial charge in [0.15, 0.2) is 12.5 Å². The van der Waals surface area contributed by atoms with E-state index in [-0.39, 0.29) is 16.9 Å². The van der Waals surface area contributed by atoms with Gasteiger partial charge in [0, 0.05) is 42.4 Å². The fourth-order valence-corrected chi connectivity index (χ4v) is 8.73. The minimum absolute atomic E-state index is 0.0583. The summed E-state index contributed by atoms with van der Waals surface area (Å²) in [6, 6.07) is 21.4. The molecule has 0 spiro atoms. The molecular formula is C25H23F6N4PS2. The van der Waals surface area contributed by atoms with Gasteiger partial charge in [-0.3, -0.25) is 0 Å². The molecule has 13 heteroatoms. The standard InChI is InChI=1S/C25H23F6N4PS2/c26-24(27,28)18-15-19(25(29,30)31)17-20(16-18)33-23(37)32-11-14-38-36-34(21-7-3-1-4-8-21)12-13-35(36)22-9-5-2-6-10-22/h1-10,15-17H,11-14H2,(H2,32,33,37). The fourth-order valence-electron chi connectivity index (χ4n) is 3.78. The van der Waals surface area contributed by atoms with Crippen LogP contribution in [0.25, 0.3) is 0 Å². The minimum Gasteiger partial charge on any atom is -0.362 e. The summed E-state index contributed by atoms with van der Waals surface area (Å²) in [4.78, 5) is 0. The van der Waals surface area contributed by atoms with Crippen LogP contribution in [-0.2, 0) is 12.4 Å². The normalized spacial score (nSPS) is 14.6. The molecule has 1 heterocycles. The van der Waals surface area contributed by atoms with Crippen molar-refractivity contribution in [3.8, 4) is 0 Å². The van der Waals surface area contributed by atoms with Crippen LogP contribution in [0, 0.1) is 0 Å². The van der Waals surface area contributed by atoms with Crippen molar-refractivity contribution < 1.29 is 26.3 Å². The summed E-state index contributed by atoms with van der Waals surface area (Å²) < 4.78 is 83.5. The highest BCUT2D eigenvalue weighted by atomic mass is 32.7. The van der Waals surface area contributed by atoms with Gasteiger partial charge >= 0.3 is 12.4 Å².